The minimum Gasteiger partial charge on any atom is -0.496 e. The fraction of sp³-hybridized carbons (Fsp3) is 0.250. The highest BCUT2D eigenvalue weighted by Gasteiger charge is 1.90. The summed E-state index contributed by atoms with van der Waals surface area (Å²) in [5.41, 5.74) is 1.18. The third kappa shape index (κ3) is 1.72. The molecule has 56 valence electrons. The number of aryl methyl sites for hydroxylation is 1. The molecule has 0 aliphatic carbocycles. The molecule has 0 heterocycles. The van der Waals surface area contributed by atoms with Crippen molar-refractivity contribution in [1.29, 1.82) is 0 Å². The highest BCUT2D eigenvalue weighted by atomic mass is 19.0. The van der Waals surface area contributed by atoms with Crippen molar-refractivity contribution in [3.05, 3.63) is 29.8 Å². The van der Waals surface area contributed by atoms with Crippen molar-refractivity contribution < 1.29 is 9.44 Å². The Balaban J connectivity index is 0.000000810. The van der Waals surface area contributed by atoms with Gasteiger partial charge >= 0.3 is 0 Å². The number of rotatable bonds is 1. The second-order valence-electron chi connectivity index (χ2n) is 1.97. The molecule has 1 rings (SSSR count). The molecule has 1 nitrogen and oxygen atoms in total. The quantitative estimate of drug-likeness (QED) is 0.583. The Bertz CT molecular complexity index is 198. The van der Waals surface area contributed by atoms with E-state index < -0.39 is 0 Å². The first-order valence-corrected chi connectivity index (χ1v) is 2.94. The van der Waals surface area contributed by atoms with Crippen molar-refractivity contribution in [1.82, 2.24) is 0 Å². The van der Waals surface area contributed by atoms with Gasteiger partial charge in [0.25, 0.3) is 0 Å². The number of ether oxygens (including phenoxy) is 1. The molecule has 2 heteroatoms. The lowest BCUT2D eigenvalue weighted by Gasteiger charge is -2.00. The maximum absolute atomic E-state index is 5.04. The number of methoxy groups -OCH3 is 1. The summed E-state index contributed by atoms with van der Waals surface area (Å²) in [6.45, 7) is 2.03. The fourth-order valence-electron chi connectivity index (χ4n) is 0.785. The van der Waals surface area contributed by atoms with Crippen molar-refractivity contribution in [2.24, 2.45) is 0 Å². The zero-order chi connectivity index (χ0) is 6.69. The van der Waals surface area contributed by atoms with Gasteiger partial charge in [0.05, 0.1) is 7.11 Å². The smallest absolute Gasteiger partial charge is 0.121 e. The van der Waals surface area contributed by atoms with Gasteiger partial charge in [-0.2, -0.15) is 0 Å². The predicted molar refractivity (Wildman–Crippen MR) is 40.2 cm³/mol. The van der Waals surface area contributed by atoms with Crippen LogP contribution in [0.15, 0.2) is 24.3 Å². The van der Waals surface area contributed by atoms with E-state index in [0.717, 1.165) is 5.75 Å². The maximum atomic E-state index is 5.04. The molecule has 0 aliphatic rings. The van der Waals surface area contributed by atoms with Crippen LogP contribution in [0.25, 0.3) is 0 Å². The number of halogens is 1. The molecule has 0 fully saturated rings. The zero-order valence-corrected chi connectivity index (χ0v) is 6.13. The van der Waals surface area contributed by atoms with E-state index in [2.05, 4.69) is 0 Å². The van der Waals surface area contributed by atoms with E-state index in [0.29, 0.717) is 0 Å². The second-order valence-corrected chi connectivity index (χ2v) is 1.97. The van der Waals surface area contributed by atoms with Gasteiger partial charge in [0.15, 0.2) is 0 Å². The Kier molecular flexibility index (Phi) is 3.47. The van der Waals surface area contributed by atoms with E-state index in [1.165, 1.54) is 5.56 Å². The molecule has 0 unspecified atom stereocenters. The van der Waals surface area contributed by atoms with Gasteiger partial charge in [0.2, 0.25) is 0 Å². The van der Waals surface area contributed by atoms with Gasteiger partial charge in [-0.3, -0.25) is 4.70 Å². The van der Waals surface area contributed by atoms with Crippen molar-refractivity contribution in [2.45, 2.75) is 6.92 Å². The average Bonchev–Trinajstić information content (AvgIpc) is 1.89. The van der Waals surface area contributed by atoms with Crippen molar-refractivity contribution in [3.63, 3.8) is 0 Å². The molecule has 0 aromatic heterocycles. The minimum absolute atomic E-state index is 0. The summed E-state index contributed by atoms with van der Waals surface area (Å²) < 4.78 is 5.04. The molecule has 1 aromatic rings. The van der Waals surface area contributed by atoms with Crippen LogP contribution < -0.4 is 4.74 Å². The maximum Gasteiger partial charge on any atom is 0.121 e. The summed E-state index contributed by atoms with van der Waals surface area (Å²) in [5, 5.41) is 0. The van der Waals surface area contributed by atoms with Crippen molar-refractivity contribution in [2.75, 3.05) is 7.11 Å². The molecule has 1 aromatic carbocycles. The third-order valence-electron chi connectivity index (χ3n) is 1.31. The van der Waals surface area contributed by atoms with Crippen LogP contribution in [0.1, 0.15) is 5.56 Å². The Morgan fingerprint density at radius 1 is 1.20 bits per heavy atom. The highest BCUT2D eigenvalue weighted by Crippen LogP contribution is 2.14. The lowest BCUT2D eigenvalue weighted by molar-refractivity contribution is 0.411. The molecule has 0 saturated carbocycles. The number of para-hydroxylation sites is 1. The molecule has 10 heavy (non-hydrogen) atoms. The molecular formula is C8H11FO. The minimum atomic E-state index is 0. The fourth-order valence-corrected chi connectivity index (χ4v) is 0.785. The molecule has 0 bridgehead atoms. The van der Waals surface area contributed by atoms with E-state index in [9.17, 15) is 0 Å². The first kappa shape index (κ1) is 8.95. The summed E-state index contributed by atoms with van der Waals surface area (Å²) in [7, 11) is 1.68. The van der Waals surface area contributed by atoms with Crippen LogP contribution in [-0.4, -0.2) is 7.11 Å². The second kappa shape index (κ2) is 3.88. The number of hydrogen-bond donors (Lipinski definition) is 0. The molecule has 0 saturated heterocycles. The van der Waals surface area contributed by atoms with Crippen LogP contribution in [-0.2, 0) is 0 Å². The summed E-state index contributed by atoms with van der Waals surface area (Å²) >= 11 is 0. The van der Waals surface area contributed by atoms with Crippen LogP contribution in [0.2, 0.25) is 0 Å². The molecule has 0 aliphatic heterocycles. The molecule has 0 amide bonds. The van der Waals surface area contributed by atoms with E-state index in [4.69, 9.17) is 4.74 Å². The van der Waals surface area contributed by atoms with E-state index in [1.54, 1.807) is 7.11 Å². The lowest BCUT2D eigenvalue weighted by Crippen LogP contribution is -1.84. The summed E-state index contributed by atoms with van der Waals surface area (Å²) in [6, 6.07) is 7.94. The van der Waals surface area contributed by atoms with Crippen LogP contribution >= 0.6 is 0 Å². The molecular weight excluding hydrogens is 131 g/mol. The standard InChI is InChI=1S/C8H10O.FH/c1-7-5-3-4-6-8(7)9-2;/h3-6H,1-2H3;1H. The first-order chi connectivity index (χ1) is 4.34. The van der Waals surface area contributed by atoms with Gasteiger partial charge in [-0.25, -0.2) is 0 Å². The van der Waals surface area contributed by atoms with E-state index in [1.807, 2.05) is 31.2 Å². The molecule has 0 radical (unpaired) electrons. The van der Waals surface area contributed by atoms with Crippen LogP contribution in [0, 0.1) is 6.92 Å². The Morgan fingerprint density at radius 2 is 1.80 bits per heavy atom. The Labute approximate surface area is 60.0 Å². The number of hydrogen-bond acceptors (Lipinski definition) is 1. The summed E-state index contributed by atoms with van der Waals surface area (Å²) in [4.78, 5) is 0. The highest BCUT2D eigenvalue weighted by molar-refractivity contribution is 5.31. The van der Waals surface area contributed by atoms with Gasteiger partial charge in [-0.1, -0.05) is 18.2 Å². The monoisotopic (exact) mass is 142 g/mol. The van der Waals surface area contributed by atoms with Gasteiger partial charge in [-0.05, 0) is 18.6 Å². The van der Waals surface area contributed by atoms with Gasteiger partial charge in [-0.15, -0.1) is 0 Å². The third-order valence-corrected chi connectivity index (χ3v) is 1.31. The van der Waals surface area contributed by atoms with Gasteiger partial charge in [0, 0.05) is 0 Å². The van der Waals surface area contributed by atoms with Crippen LogP contribution in [0.5, 0.6) is 5.75 Å². The van der Waals surface area contributed by atoms with Gasteiger partial charge in [0.1, 0.15) is 5.75 Å². The van der Waals surface area contributed by atoms with E-state index in [-0.39, 0.29) is 4.70 Å². The predicted octanol–water partition coefficient (Wildman–Crippen LogP) is 2.16. The first-order valence-electron chi connectivity index (χ1n) is 2.94. The summed E-state index contributed by atoms with van der Waals surface area (Å²) in [6.07, 6.45) is 0. The zero-order valence-electron chi connectivity index (χ0n) is 6.13. The number of benzene rings is 1. The Hall–Kier alpha value is -1.05. The summed E-state index contributed by atoms with van der Waals surface area (Å²) in [5.74, 6) is 0.956. The normalized spacial score (nSPS) is 8.20. The van der Waals surface area contributed by atoms with Crippen molar-refractivity contribution in [3.8, 4) is 5.75 Å². The molecule has 0 N–H and O–H groups in total. The van der Waals surface area contributed by atoms with Crippen molar-refractivity contribution >= 4 is 0 Å². The molecule has 0 spiro atoms. The van der Waals surface area contributed by atoms with E-state index >= 15 is 0 Å². The molecule has 0 atom stereocenters. The largest absolute Gasteiger partial charge is 0.496 e. The average molecular weight is 142 g/mol. The topological polar surface area (TPSA) is 9.23 Å². The van der Waals surface area contributed by atoms with Gasteiger partial charge < -0.3 is 4.74 Å². The Morgan fingerprint density at radius 3 is 2.20 bits per heavy atom. The SMILES string of the molecule is COc1ccccc1C.F. The van der Waals surface area contributed by atoms with Crippen LogP contribution in [0.4, 0.5) is 4.70 Å². The lowest BCUT2D eigenvalue weighted by atomic mass is 10.2. The van der Waals surface area contributed by atoms with Crippen LogP contribution in [0.3, 0.4) is 0 Å².